The molecule has 2 N–H and O–H groups in total. The highest BCUT2D eigenvalue weighted by Crippen LogP contribution is 2.08. The normalized spacial score (nSPS) is 18.8. The van der Waals surface area contributed by atoms with Gasteiger partial charge in [0.25, 0.3) is 0 Å². The molecule has 1 aliphatic heterocycles. The van der Waals surface area contributed by atoms with E-state index in [1.54, 1.807) is 16.7 Å². The lowest BCUT2D eigenvalue weighted by Gasteiger charge is -2.27. The van der Waals surface area contributed by atoms with Gasteiger partial charge in [0, 0.05) is 24.6 Å². The maximum Gasteiger partial charge on any atom is 0.325 e. The van der Waals surface area contributed by atoms with Gasteiger partial charge in [0.2, 0.25) is 0 Å². The second-order valence-corrected chi connectivity index (χ2v) is 4.33. The smallest absolute Gasteiger partial charge is 0.325 e. The first-order valence-electron chi connectivity index (χ1n) is 4.47. The van der Waals surface area contributed by atoms with Gasteiger partial charge in [-0.1, -0.05) is 0 Å². The Morgan fingerprint density at radius 3 is 2.50 bits per heavy atom. The van der Waals surface area contributed by atoms with Crippen molar-refractivity contribution in [3.63, 3.8) is 0 Å². The van der Waals surface area contributed by atoms with E-state index in [4.69, 9.17) is 5.11 Å². The third kappa shape index (κ3) is 3.10. The molecular weight excluding hydrogens is 204 g/mol. The molecule has 1 saturated heterocycles. The molecule has 1 fully saturated rings. The second kappa shape index (κ2) is 5.09. The number of amides is 2. The van der Waals surface area contributed by atoms with Crippen LogP contribution in [0.25, 0.3) is 0 Å². The standard InChI is InChI=1S/C8H14N2O3S/c1-6(7(11)12)9-8(13)10-2-4-14-5-3-10/h6H,2-5H2,1H3,(H,9,13)(H,11,12)/t6-/m1/s1. The molecule has 2 amide bonds. The third-order valence-electron chi connectivity index (χ3n) is 2.01. The fourth-order valence-corrected chi connectivity index (χ4v) is 2.01. The molecule has 5 nitrogen and oxygen atoms in total. The van der Waals surface area contributed by atoms with Crippen molar-refractivity contribution in [1.29, 1.82) is 0 Å². The van der Waals surface area contributed by atoms with Crippen LogP contribution in [0.3, 0.4) is 0 Å². The van der Waals surface area contributed by atoms with Gasteiger partial charge in [-0.05, 0) is 6.92 Å². The number of carboxylic acids is 1. The molecule has 80 valence electrons. The van der Waals surface area contributed by atoms with Crippen molar-refractivity contribution >= 4 is 23.8 Å². The molecule has 6 heteroatoms. The molecule has 0 aromatic rings. The van der Waals surface area contributed by atoms with Crippen molar-refractivity contribution in [3.05, 3.63) is 0 Å². The summed E-state index contributed by atoms with van der Waals surface area (Å²) < 4.78 is 0. The number of urea groups is 1. The number of aliphatic carboxylic acids is 1. The molecule has 0 spiro atoms. The van der Waals surface area contributed by atoms with E-state index < -0.39 is 12.0 Å². The molecule has 1 heterocycles. The first kappa shape index (κ1) is 11.2. The van der Waals surface area contributed by atoms with Gasteiger partial charge in [0.15, 0.2) is 0 Å². The quantitative estimate of drug-likeness (QED) is 0.695. The number of carbonyl (C=O) groups is 2. The summed E-state index contributed by atoms with van der Waals surface area (Å²) in [5.74, 6) is 0.841. The topological polar surface area (TPSA) is 69.6 Å². The third-order valence-corrected chi connectivity index (χ3v) is 2.95. The number of hydrogen-bond donors (Lipinski definition) is 2. The van der Waals surface area contributed by atoms with Crippen LogP contribution < -0.4 is 5.32 Å². The lowest BCUT2D eigenvalue weighted by atomic mass is 10.3. The molecule has 0 aromatic carbocycles. The van der Waals surface area contributed by atoms with E-state index in [1.165, 1.54) is 6.92 Å². The second-order valence-electron chi connectivity index (χ2n) is 3.11. The zero-order valence-corrected chi connectivity index (χ0v) is 8.84. The van der Waals surface area contributed by atoms with Crippen LogP contribution in [0.2, 0.25) is 0 Å². The molecule has 0 bridgehead atoms. The Morgan fingerprint density at radius 1 is 1.43 bits per heavy atom. The molecule has 0 aromatic heterocycles. The number of carboxylic acid groups (broad SMARTS) is 1. The highest BCUT2D eigenvalue weighted by molar-refractivity contribution is 7.99. The fraction of sp³-hybridized carbons (Fsp3) is 0.750. The summed E-state index contributed by atoms with van der Waals surface area (Å²) in [5.41, 5.74) is 0. The molecule has 1 rings (SSSR count). The predicted octanol–water partition coefficient (Wildman–Crippen LogP) is 0.218. The first-order chi connectivity index (χ1) is 6.61. The number of rotatable bonds is 2. The summed E-state index contributed by atoms with van der Waals surface area (Å²) in [5, 5.41) is 11.0. The van der Waals surface area contributed by atoms with Crippen LogP contribution in [0.1, 0.15) is 6.92 Å². The van der Waals surface area contributed by atoms with Gasteiger partial charge in [-0.2, -0.15) is 11.8 Å². The first-order valence-corrected chi connectivity index (χ1v) is 5.62. The van der Waals surface area contributed by atoms with E-state index in [9.17, 15) is 9.59 Å². The molecule has 0 unspecified atom stereocenters. The minimum Gasteiger partial charge on any atom is -0.480 e. The lowest BCUT2D eigenvalue weighted by Crippen LogP contribution is -2.49. The van der Waals surface area contributed by atoms with Crippen LogP contribution in [-0.4, -0.2) is 52.6 Å². The summed E-state index contributed by atoms with van der Waals surface area (Å²) in [6, 6.07) is -1.10. The Hall–Kier alpha value is -0.910. The Balaban J connectivity index is 2.36. The Morgan fingerprint density at radius 2 is 2.00 bits per heavy atom. The van der Waals surface area contributed by atoms with Gasteiger partial charge in [-0.3, -0.25) is 4.79 Å². The van der Waals surface area contributed by atoms with Gasteiger partial charge in [0.05, 0.1) is 0 Å². The molecule has 1 aliphatic rings. The summed E-state index contributed by atoms with van der Waals surface area (Å²) in [4.78, 5) is 23.6. The maximum atomic E-state index is 11.5. The predicted molar refractivity (Wildman–Crippen MR) is 54.5 cm³/mol. The fourth-order valence-electron chi connectivity index (χ4n) is 1.10. The maximum absolute atomic E-state index is 11.5. The van der Waals surface area contributed by atoms with Gasteiger partial charge in [-0.15, -0.1) is 0 Å². The number of nitrogens with zero attached hydrogens (tertiary/aromatic N) is 1. The van der Waals surface area contributed by atoms with Gasteiger partial charge < -0.3 is 15.3 Å². The van der Waals surface area contributed by atoms with Crippen molar-refractivity contribution in [2.45, 2.75) is 13.0 Å². The average Bonchev–Trinajstić information content (AvgIpc) is 2.19. The van der Waals surface area contributed by atoms with Crippen molar-refractivity contribution in [3.8, 4) is 0 Å². The van der Waals surface area contributed by atoms with Gasteiger partial charge >= 0.3 is 12.0 Å². The molecule has 0 aliphatic carbocycles. The molecular formula is C8H14N2O3S. The monoisotopic (exact) mass is 218 g/mol. The van der Waals surface area contributed by atoms with Crippen molar-refractivity contribution in [2.24, 2.45) is 0 Å². The van der Waals surface area contributed by atoms with E-state index in [0.717, 1.165) is 11.5 Å². The van der Waals surface area contributed by atoms with Crippen LogP contribution in [0.5, 0.6) is 0 Å². The Bertz CT molecular complexity index is 229. The van der Waals surface area contributed by atoms with Gasteiger partial charge in [-0.25, -0.2) is 4.79 Å². The van der Waals surface area contributed by atoms with Gasteiger partial charge in [0.1, 0.15) is 6.04 Å². The molecule has 14 heavy (non-hydrogen) atoms. The van der Waals surface area contributed by atoms with E-state index in [2.05, 4.69) is 5.32 Å². The zero-order chi connectivity index (χ0) is 10.6. The van der Waals surface area contributed by atoms with Crippen LogP contribution in [0, 0.1) is 0 Å². The van der Waals surface area contributed by atoms with E-state index in [1.807, 2.05) is 0 Å². The number of hydrogen-bond acceptors (Lipinski definition) is 3. The van der Waals surface area contributed by atoms with Crippen LogP contribution in [-0.2, 0) is 4.79 Å². The number of nitrogens with one attached hydrogen (secondary N) is 1. The highest BCUT2D eigenvalue weighted by atomic mass is 32.2. The highest BCUT2D eigenvalue weighted by Gasteiger charge is 2.20. The zero-order valence-electron chi connectivity index (χ0n) is 8.02. The average molecular weight is 218 g/mol. The molecule has 0 saturated carbocycles. The van der Waals surface area contributed by atoms with Crippen molar-refractivity contribution < 1.29 is 14.7 Å². The minimum absolute atomic E-state index is 0.278. The van der Waals surface area contributed by atoms with E-state index in [0.29, 0.717) is 13.1 Å². The van der Waals surface area contributed by atoms with Crippen LogP contribution in [0.4, 0.5) is 4.79 Å². The summed E-state index contributed by atoms with van der Waals surface area (Å²) in [6.07, 6.45) is 0. The largest absolute Gasteiger partial charge is 0.480 e. The number of thioether (sulfide) groups is 1. The summed E-state index contributed by atoms with van der Waals surface area (Å²) in [6.45, 7) is 2.85. The minimum atomic E-state index is -1.01. The van der Waals surface area contributed by atoms with Crippen LogP contribution in [0.15, 0.2) is 0 Å². The Labute approximate surface area is 86.8 Å². The SMILES string of the molecule is C[C@@H](NC(=O)N1CCSCC1)C(=O)O. The van der Waals surface area contributed by atoms with Crippen molar-refractivity contribution in [2.75, 3.05) is 24.6 Å². The summed E-state index contributed by atoms with van der Waals surface area (Å²) >= 11 is 1.80. The number of carbonyl (C=O) groups excluding carboxylic acids is 1. The van der Waals surface area contributed by atoms with E-state index in [-0.39, 0.29) is 6.03 Å². The molecule has 1 atom stereocenters. The molecule has 0 radical (unpaired) electrons. The Kier molecular flexibility index (Phi) is 4.06. The van der Waals surface area contributed by atoms with Crippen molar-refractivity contribution in [1.82, 2.24) is 10.2 Å². The van der Waals surface area contributed by atoms with E-state index >= 15 is 0 Å². The van der Waals surface area contributed by atoms with Crippen LogP contribution >= 0.6 is 11.8 Å². The summed E-state index contributed by atoms with van der Waals surface area (Å²) in [7, 11) is 0. The lowest BCUT2D eigenvalue weighted by molar-refractivity contribution is -0.138.